The van der Waals surface area contributed by atoms with Gasteiger partial charge in [0.15, 0.2) is 5.96 Å². The average Bonchev–Trinajstić information content (AvgIpc) is 3.15. The molecule has 0 aliphatic carbocycles. The summed E-state index contributed by atoms with van der Waals surface area (Å²) in [5.74, 6) is 1.97. The fourth-order valence-electron chi connectivity index (χ4n) is 2.68. The number of aliphatic imine (C=N–C) groups is 1. The van der Waals surface area contributed by atoms with Crippen molar-refractivity contribution in [1.82, 2.24) is 15.6 Å². The van der Waals surface area contributed by atoms with Gasteiger partial charge in [-0.3, -0.25) is 4.99 Å². The molecule has 0 aliphatic heterocycles. The highest BCUT2D eigenvalue weighted by Crippen LogP contribution is 2.20. The molecule has 1 aromatic carbocycles. The molecule has 0 saturated carbocycles. The molecular weight excluding hydrogens is 511 g/mol. The van der Waals surface area contributed by atoms with Crippen LogP contribution in [0, 0.1) is 0 Å². The van der Waals surface area contributed by atoms with E-state index in [9.17, 15) is 5.11 Å². The minimum Gasteiger partial charge on any atom is -0.491 e. The summed E-state index contributed by atoms with van der Waals surface area (Å²) in [6.45, 7) is 12.1. The van der Waals surface area contributed by atoms with E-state index in [0.29, 0.717) is 11.9 Å². The first-order valence-electron chi connectivity index (χ1n) is 10.3. The maximum Gasteiger partial charge on any atom is 0.191 e. The molecule has 1 aromatic heterocycles. The SMILES string of the molecule is CCNC(=NCC(O)c1ccc(OC(C)C)cc1)NCCc1csc(C(C)C)n1.I. The third kappa shape index (κ3) is 9.18. The Bertz CT molecular complexity index is 763. The topological polar surface area (TPSA) is 78.8 Å². The molecule has 2 rings (SSSR count). The average molecular weight is 547 g/mol. The molecule has 0 spiro atoms. The van der Waals surface area contributed by atoms with Gasteiger partial charge in [0, 0.05) is 30.8 Å². The second-order valence-electron chi connectivity index (χ2n) is 7.48. The van der Waals surface area contributed by atoms with Crippen LogP contribution in [-0.2, 0) is 6.42 Å². The van der Waals surface area contributed by atoms with Crippen LogP contribution in [0.1, 0.15) is 62.9 Å². The molecule has 0 radical (unpaired) electrons. The number of aromatic nitrogens is 1. The van der Waals surface area contributed by atoms with Crippen molar-refractivity contribution in [3.8, 4) is 5.75 Å². The quantitative estimate of drug-likeness (QED) is 0.232. The minimum absolute atomic E-state index is 0. The zero-order chi connectivity index (χ0) is 21.2. The van der Waals surface area contributed by atoms with E-state index in [4.69, 9.17) is 4.74 Å². The van der Waals surface area contributed by atoms with Crippen molar-refractivity contribution in [3.63, 3.8) is 0 Å². The molecular formula is C22H35IN4O2S. The lowest BCUT2D eigenvalue weighted by atomic mass is 10.1. The predicted octanol–water partition coefficient (Wildman–Crippen LogP) is 4.50. The number of ether oxygens (including phenoxy) is 1. The fourth-order valence-corrected chi connectivity index (χ4v) is 3.55. The van der Waals surface area contributed by atoms with Gasteiger partial charge < -0.3 is 20.5 Å². The summed E-state index contributed by atoms with van der Waals surface area (Å²) in [6.07, 6.45) is 0.309. The van der Waals surface area contributed by atoms with Crippen molar-refractivity contribution >= 4 is 41.3 Å². The number of hydrogen-bond donors (Lipinski definition) is 3. The number of halogens is 1. The van der Waals surface area contributed by atoms with Crippen LogP contribution < -0.4 is 15.4 Å². The number of nitrogens with one attached hydrogen (secondary N) is 2. The number of aliphatic hydroxyl groups excluding tert-OH is 1. The molecule has 0 aliphatic rings. The lowest BCUT2D eigenvalue weighted by Crippen LogP contribution is -2.38. The fraction of sp³-hybridized carbons (Fsp3) is 0.545. The van der Waals surface area contributed by atoms with Crippen molar-refractivity contribution in [1.29, 1.82) is 0 Å². The second-order valence-corrected chi connectivity index (χ2v) is 8.37. The van der Waals surface area contributed by atoms with E-state index in [-0.39, 0.29) is 36.6 Å². The monoisotopic (exact) mass is 546 g/mol. The Hall–Kier alpha value is -1.39. The van der Waals surface area contributed by atoms with Crippen molar-refractivity contribution < 1.29 is 9.84 Å². The van der Waals surface area contributed by atoms with Crippen LogP contribution in [0.25, 0.3) is 0 Å². The van der Waals surface area contributed by atoms with Crippen LogP contribution >= 0.6 is 35.3 Å². The zero-order valence-corrected chi connectivity index (χ0v) is 21.7. The molecule has 6 nitrogen and oxygen atoms in total. The summed E-state index contributed by atoms with van der Waals surface area (Å²) >= 11 is 1.72. The van der Waals surface area contributed by atoms with Gasteiger partial charge in [0.05, 0.1) is 29.5 Å². The molecule has 1 atom stereocenters. The number of thiazole rings is 1. The van der Waals surface area contributed by atoms with E-state index in [0.717, 1.165) is 36.5 Å². The van der Waals surface area contributed by atoms with Gasteiger partial charge >= 0.3 is 0 Å². The minimum atomic E-state index is -0.661. The van der Waals surface area contributed by atoms with Gasteiger partial charge in [-0.15, -0.1) is 35.3 Å². The summed E-state index contributed by atoms with van der Waals surface area (Å²) < 4.78 is 5.64. The van der Waals surface area contributed by atoms with E-state index in [1.54, 1.807) is 11.3 Å². The first-order chi connectivity index (χ1) is 13.9. The normalized spacial score (nSPS) is 12.6. The number of guanidine groups is 1. The van der Waals surface area contributed by atoms with Crippen LogP contribution in [0.4, 0.5) is 0 Å². The predicted molar refractivity (Wildman–Crippen MR) is 136 cm³/mol. The van der Waals surface area contributed by atoms with E-state index >= 15 is 0 Å². The molecule has 2 aromatic rings. The van der Waals surface area contributed by atoms with Crippen molar-refractivity contribution in [2.24, 2.45) is 4.99 Å². The first kappa shape index (κ1) is 26.6. The summed E-state index contributed by atoms with van der Waals surface area (Å²) in [5, 5.41) is 20.3. The van der Waals surface area contributed by atoms with Crippen LogP contribution in [-0.4, -0.2) is 41.8 Å². The third-order valence-corrected chi connectivity index (χ3v) is 5.33. The maximum atomic E-state index is 10.5. The highest BCUT2D eigenvalue weighted by Gasteiger charge is 2.09. The summed E-state index contributed by atoms with van der Waals surface area (Å²) in [5.41, 5.74) is 1.93. The molecule has 1 unspecified atom stereocenters. The van der Waals surface area contributed by atoms with Crippen LogP contribution in [0.15, 0.2) is 34.6 Å². The Labute approximate surface area is 201 Å². The van der Waals surface area contributed by atoms with Gasteiger partial charge in [0.25, 0.3) is 0 Å². The smallest absolute Gasteiger partial charge is 0.191 e. The lowest BCUT2D eigenvalue weighted by molar-refractivity contribution is 0.186. The van der Waals surface area contributed by atoms with Gasteiger partial charge in [-0.2, -0.15) is 0 Å². The second kappa shape index (κ2) is 13.8. The Kier molecular flexibility index (Phi) is 12.3. The molecule has 168 valence electrons. The molecule has 0 saturated heterocycles. The van der Waals surface area contributed by atoms with Crippen LogP contribution in [0.3, 0.4) is 0 Å². The van der Waals surface area contributed by atoms with Crippen molar-refractivity contribution in [3.05, 3.63) is 45.9 Å². The highest BCUT2D eigenvalue weighted by atomic mass is 127. The molecule has 0 bridgehead atoms. The Morgan fingerprint density at radius 3 is 2.43 bits per heavy atom. The number of rotatable bonds is 10. The summed E-state index contributed by atoms with van der Waals surface area (Å²) in [7, 11) is 0. The first-order valence-corrected chi connectivity index (χ1v) is 11.2. The standard InChI is InChI=1S/C22H34N4O2S.HI/c1-6-23-22(24-12-11-18-14-29-21(26-18)15(2)3)25-13-20(27)17-7-9-19(10-8-17)28-16(4)5;/h7-10,14-16,20,27H,6,11-13H2,1-5H3,(H2,23,24,25);1H. The number of aliphatic hydroxyl groups is 1. The Balaban J connectivity index is 0.00000450. The molecule has 8 heteroatoms. The van der Waals surface area contributed by atoms with Gasteiger partial charge in [0.2, 0.25) is 0 Å². The Morgan fingerprint density at radius 2 is 1.87 bits per heavy atom. The molecule has 3 N–H and O–H groups in total. The third-order valence-electron chi connectivity index (χ3n) is 4.14. The van der Waals surface area contributed by atoms with Crippen LogP contribution in [0.5, 0.6) is 5.75 Å². The maximum absolute atomic E-state index is 10.5. The van der Waals surface area contributed by atoms with E-state index < -0.39 is 6.10 Å². The summed E-state index contributed by atoms with van der Waals surface area (Å²) in [6, 6.07) is 7.52. The number of benzene rings is 1. The largest absolute Gasteiger partial charge is 0.491 e. The summed E-state index contributed by atoms with van der Waals surface area (Å²) in [4.78, 5) is 9.18. The van der Waals surface area contributed by atoms with Crippen molar-refractivity contribution in [2.75, 3.05) is 19.6 Å². The van der Waals surface area contributed by atoms with E-state index in [1.165, 1.54) is 5.01 Å². The molecule has 0 amide bonds. The van der Waals surface area contributed by atoms with E-state index in [1.807, 2.05) is 45.0 Å². The Morgan fingerprint density at radius 1 is 1.17 bits per heavy atom. The molecule has 30 heavy (non-hydrogen) atoms. The molecule has 1 heterocycles. The van der Waals surface area contributed by atoms with Gasteiger partial charge in [-0.05, 0) is 38.5 Å². The number of nitrogens with zero attached hydrogens (tertiary/aromatic N) is 2. The highest BCUT2D eigenvalue weighted by molar-refractivity contribution is 14.0. The van der Waals surface area contributed by atoms with Gasteiger partial charge in [-0.1, -0.05) is 26.0 Å². The number of hydrogen-bond acceptors (Lipinski definition) is 5. The molecule has 0 fully saturated rings. The van der Waals surface area contributed by atoms with Gasteiger partial charge in [-0.25, -0.2) is 4.98 Å². The van der Waals surface area contributed by atoms with E-state index in [2.05, 4.69) is 39.8 Å². The van der Waals surface area contributed by atoms with Gasteiger partial charge in [0.1, 0.15) is 5.75 Å². The lowest BCUT2D eigenvalue weighted by Gasteiger charge is -2.14. The van der Waals surface area contributed by atoms with Crippen LogP contribution in [0.2, 0.25) is 0 Å². The zero-order valence-electron chi connectivity index (χ0n) is 18.5. The van der Waals surface area contributed by atoms with Crippen molar-refractivity contribution in [2.45, 2.75) is 59.2 Å².